The SMILES string of the molecule is O=C(/C=C/c1ccc(C(=O)NCCNc2c3c(nc4ccccc24)CCCC3)cc1)NO. The van der Waals surface area contributed by atoms with Gasteiger partial charge in [-0.15, -0.1) is 0 Å². The first-order chi connectivity index (χ1) is 15.7. The summed E-state index contributed by atoms with van der Waals surface area (Å²) in [6.45, 7) is 1.10. The molecule has 4 rings (SSSR count). The van der Waals surface area contributed by atoms with Gasteiger partial charge in [0, 0.05) is 41.5 Å². The molecule has 0 bridgehead atoms. The van der Waals surface area contributed by atoms with E-state index in [1.807, 2.05) is 18.2 Å². The molecule has 0 saturated carbocycles. The maximum Gasteiger partial charge on any atom is 0.267 e. The van der Waals surface area contributed by atoms with E-state index in [0.717, 1.165) is 35.0 Å². The van der Waals surface area contributed by atoms with Gasteiger partial charge in [-0.05, 0) is 61.1 Å². The van der Waals surface area contributed by atoms with E-state index in [1.54, 1.807) is 30.3 Å². The summed E-state index contributed by atoms with van der Waals surface area (Å²) in [5, 5.41) is 16.1. The number of amides is 2. The molecule has 164 valence electrons. The van der Waals surface area contributed by atoms with Crippen molar-refractivity contribution in [3.05, 3.63) is 77.0 Å². The van der Waals surface area contributed by atoms with Crippen molar-refractivity contribution in [1.82, 2.24) is 15.8 Å². The molecule has 4 N–H and O–H groups in total. The van der Waals surface area contributed by atoms with Crippen molar-refractivity contribution in [2.75, 3.05) is 18.4 Å². The molecule has 0 radical (unpaired) electrons. The number of aromatic nitrogens is 1. The van der Waals surface area contributed by atoms with Crippen LogP contribution in [0.15, 0.2) is 54.6 Å². The average molecular weight is 431 g/mol. The Balaban J connectivity index is 1.36. The number of carbonyl (C=O) groups is 2. The molecule has 0 atom stereocenters. The fourth-order valence-electron chi connectivity index (χ4n) is 3.99. The van der Waals surface area contributed by atoms with Gasteiger partial charge in [-0.3, -0.25) is 19.8 Å². The monoisotopic (exact) mass is 430 g/mol. The molecule has 2 amide bonds. The Hall–Kier alpha value is -3.71. The molecule has 1 aliphatic carbocycles. The van der Waals surface area contributed by atoms with Gasteiger partial charge in [-0.1, -0.05) is 30.3 Å². The van der Waals surface area contributed by atoms with E-state index in [9.17, 15) is 9.59 Å². The first-order valence-electron chi connectivity index (χ1n) is 10.8. The van der Waals surface area contributed by atoms with Crippen molar-refractivity contribution in [2.45, 2.75) is 25.7 Å². The van der Waals surface area contributed by atoms with Crippen molar-refractivity contribution in [1.29, 1.82) is 0 Å². The van der Waals surface area contributed by atoms with Crippen LogP contribution in [0.4, 0.5) is 5.69 Å². The maximum absolute atomic E-state index is 12.5. The van der Waals surface area contributed by atoms with Crippen LogP contribution in [0.25, 0.3) is 17.0 Å². The van der Waals surface area contributed by atoms with Crippen molar-refractivity contribution in [3.63, 3.8) is 0 Å². The zero-order valence-electron chi connectivity index (χ0n) is 17.7. The molecule has 0 aliphatic heterocycles. The smallest absolute Gasteiger partial charge is 0.267 e. The molecule has 3 aromatic rings. The van der Waals surface area contributed by atoms with Gasteiger partial charge in [0.25, 0.3) is 11.8 Å². The second-order valence-corrected chi connectivity index (χ2v) is 7.75. The van der Waals surface area contributed by atoms with Crippen molar-refractivity contribution < 1.29 is 14.8 Å². The van der Waals surface area contributed by atoms with E-state index in [1.165, 1.54) is 35.7 Å². The number of pyridine rings is 1. The van der Waals surface area contributed by atoms with Crippen LogP contribution in [-0.2, 0) is 17.6 Å². The number of carbonyl (C=O) groups excluding carboxylic acids is 2. The molecular formula is C25H26N4O3. The molecule has 0 fully saturated rings. The average Bonchev–Trinajstić information content (AvgIpc) is 2.84. The third-order valence-corrected chi connectivity index (χ3v) is 5.59. The van der Waals surface area contributed by atoms with Gasteiger partial charge in [-0.25, -0.2) is 5.48 Å². The minimum absolute atomic E-state index is 0.156. The summed E-state index contributed by atoms with van der Waals surface area (Å²) in [6, 6.07) is 15.1. The minimum atomic E-state index is -0.609. The van der Waals surface area contributed by atoms with E-state index in [0.29, 0.717) is 18.7 Å². The topological polar surface area (TPSA) is 103 Å². The molecule has 32 heavy (non-hydrogen) atoms. The van der Waals surface area contributed by atoms with Crippen LogP contribution < -0.4 is 16.1 Å². The molecule has 1 heterocycles. The Labute approximate surface area is 186 Å². The summed E-state index contributed by atoms with van der Waals surface area (Å²) in [4.78, 5) is 28.4. The molecule has 7 heteroatoms. The van der Waals surface area contributed by atoms with E-state index in [2.05, 4.69) is 16.7 Å². The lowest BCUT2D eigenvalue weighted by Gasteiger charge is -2.21. The van der Waals surface area contributed by atoms with Gasteiger partial charge >= 0.3 is 0 Å². The molecule has 1 aliphatic rings. The van der Waals surface area contributed by atoms with Gasteiger partial charge in [0.2, 0.25) is 0 Å². The predicted octanol–water partition coefficient (Wildman–Crippen LogP) is 3.47. The fourth-order valence-corrected chi connectivity index (χ4v) is 3.99. The van der Waals surface area contributed by atoms with Crippen molar-refractivity contribution in [3.8, 4) is 0 Å². The summed E-state index contributed by atoms with van der Waals surface area (Å²) in [7, 11) is 0. The molecule has 0 unspecified atom stereocenters. The number of anilines is 1. The molecule has 7 nitrogen and oxygen atoms in total. The molecule has 1 aromatic heterocycles. The van der Waals surface area contributed by atoms with Gasteiger partial charge in [0.05, 0.1) is 5.52 Å². The van der Waals surface area contributed by atoms with Gasteiger partial charge in [0.15, 0.2) is 0 Å². The molecule has 2 aromatic carbocycles. The zero-order chi connectivity index (χ0) is 22.3. The minimum Gasteiger partial charge on any atom is -0.382 e. The van der Waals surface area contributed by atoms with Crippen LogP contribution in [0.3, 0.4) is 0 Å². The Kier molecular flexibility index (Phi) is 6.77. The normalized spacial score (nSPS) is 13.0. The number of hydroxylamine groups is 1. The fraction of sp³-hybridized carbons (Fsp3) is 0.240. The quantitative estimate of drug-likeness (QED) is 0.199. The van der Waals surface area contributed by atoms with E-state index < -0.39 is 5.91 Å². The highest BCUT2D eigenvalue weighted by molar-refractivity contribution is 5.95. The number of para-hydroxylation sites is 1. The van der Waals surface area contributed by atoms with Crippen LogP contribution in [-0.4, -0.2) is 35.1 Å². The number of nitrogens with zero attached hydrogens (tertiary/aromatic N) is 1. The lowest BCUT2D eigenvalue weighted by molar-refractivity contribution is -0.124. The van der Waals surface area contributed by atoms with Crippen molar-refractivity contribution in [2.24, 2.45) is 0 Å². The summed E-state index contributed by atoms with van der Waals surface area (Å²) in [6.07, 6.45) is 7.16. The van der Waals surface area contributed by atoms with Crippen molar-refractivity contribution >= 4 is 34.5 Å². The highest BCUT2D eigenvalue weighted by Crippen LogP contribution is 2.33. The summed E-state index contributed by atoms with van der Waals surface area (Å²) in [5.41, 5.74) is 7.46. The highest BCUT2D eigenvalue weighted by atomic mass is 16.5. The van der Waals surface area contributed by atoms with E-state index in [4.69, 9.17) is 10.2 Å². The van der Waals surface area contributed by atoms with Gasteiger partial charge in [0.1, 0.15) is 0 Å². The highest BCUT2D eigenvalue weighted by Gasteiger charge is 2.17. The number of nitrogens with one attached hydrogen (secondary N) is 3. The summed E-state index contributed by atoms with van der Waals surface area (Å²) >= 11 is 0. The van der Waals surface area contributed by atoms with Gasteiger partial charge < -0.3 is 10.6 Å². The molecule has 0 saturated heterocycles. The first kappa shape index (κ1) is 21.5. The van der Waals surface area contributed by atoms with Crippen LogP contribution in [0, 0.1) is 0 Å². The standard InChI is InChI=1S/C25H26N4O3/c30-23(29-32)14-11-17-9-12-18(13-10-17)25(31)27-16-15-26-24-19-5-1-3-7-21(19)28-22-8-4-2-6-20(22)24/h1,3,5,7,9-14,32H,2,4,6,8,15-16H2,(H,26,28)(H,27,31)(H,29,30)/b14-11+. The third kappa shape index (κ3) is 4.95. The van der Waals surface area contributed by atoms with Crippen LogP contribution in [0.5, 0.6) is 0 Å². The molecule has 0 spiro atoms. The number of hydrogen-bond acceptors (Lipinski definition) is 5. The lowest BCUT2D eigenvalue weighted by Crippen LogP contribution is -2.29. The number of aryl methyl sites for hydroxylation is 1. The van der Waals surface area contributed by atoms with E-state index >= 15 is 0 Å². The zero-order valence-corrected chi connectivity index (χ0v) is 17.7. The van der Waals surface area contributed by atoms with Gasteiger partial charge in [-0.2, -0.15) is 0 Å². The van der Waals surface area contributed by atoms with E-state index in [-0.39, 0.29) is 5.91 Å². The summed E-state index contributed by atoms with van der Waals surface area (Å²) in [5.74, 6) is -0.764. The molecular weight excluding hydrogens is 404 g/mol. The second-order valence-electron chi connectivity index (χ2n) is 7.75. The lowest BCUT2D eigenvalue weighted by atomic mass is 9.92. The first-order valence-corrected chi connectivity index (χ1v) is 10.8. The second kappa shape index (κ2) is 10.1. The Morgan fingerprint density at radius 2 is 1.78 bits per heavy atom. The number of hydrogen-bond donors (Lipinski definition) is 4. The Morgan fingerprint density at radius 3 is 2.59 bits per heavy atom. The maximum atomic E-state index is 12.5. The number of rotatable bonds is 7. The third-order valence-electron chi connectivity index (χ3n) is 5.59. The van der Waals surface area contributed by atoms with Crippen LogP contribution >= 0.6 is 0 Å². The Morgan fingerprint density at radius 1 is 1.00 bits per heavy atom. The largest absolute Gasteiger partial charge is 0.382 e. The van der Waals surface area contributed by atoms with Crippen LogP contribution in [0.2, 0.25) is 0 Å². The Bertz CT molecular complexity index is 1160. The summed E-state index contributed by atoms with van der Waals surface area (Å²) < 4.78 is 0. The number of fused-ring (bicyclic) bond motifs is 2. The predicted molar refractivity (Wildman–Crippen MR) is 125 cm³/mol. The van der Waals surface area contributed by atoms with Crippen LogP contribution in [0.1, 0.15) is 40.0 Å². The number of benzene rings is 2.